The minimum absolute atomic E-state index is 1.05. The lowest BCUT2D eigenvalue weighted by Gasteiger charge is -2.08. The van der Waals surface area contributed by atoms with Crippen LogP contribution in [-0.4, -0.2) is 7.42 Å². The Morgan fingerprint density at radius 3 is 2.19 bits per heavy atom. The van der Waals surface area contributed by atoms with Gasteiger partial charge in [0.15, 0.2) is 0 Å². The first-order valence-electron chi connectivity index (χ1n) is 5.03. The second kappa shape index (κ2) is 5.04. The first kappa shape index (κ1) is 11.7. The lowest BCUT2D eigenvalue weighted by Crippen LogP contribution is -2.18. The summed E-state index contributed by atoms with van der Waals surface area (Å²) in [7, 11) is -1.39. The highest BCUT2D eigenvalue weighted by Gasteiger charge is 2.09. The van der Waals surface area contributed by atoms with E-state index in [-0.39, 0.29) is 0 Å². The van der Waals surface area contributed by atoms with Gasteiger partial charge in [-0.2, -0.15) is 0 Å². The maximum atomic E-state index is 5.94. The molecule has 0 amide bonds. The molecule has 16 heavy (non-hydrogen) atoms. The van der Waals surface area contributed by atoms with Crippen LogP contribution < -0.4 is 5.19 Å². The molecule has 0 bridgehead atoms. The normalized spacial score (nSPS) is 10.8. The van der Waals surface area contributed by atoms with Crippen LogP contribution in [0.15, 0.2) is 48.5 Å². The van der Waals surface area contributed by atoms with E-state index in [0.717, 1.165) is 5.19 Å². The predicted octanol–water partition coefficient (Wildman–Crippen LogP) is 3.83. The molecule has 2 aromatic rings. The molecule has 0 aliphatic carbocycles. The van der Waals surface area contributed by atoms with Crippen molar-refractivity contribution in [2.24, 2.45) is 0 Å². The van der Waals surface area contributed by atoms with Gasteiger partial charge in [-0.05, 0) is 28.8 Å². The molecule has 0 fully saturated rings. The molecule has 0 unspecified atom stereocenters. The zero-order valence-electron chi connectivity index (χ0n) is 8.87. The Labute approximate surface area is 107 Å². The summed E-state index contributed by atoms with van der Waals surface area (Å²) >= 11 is 11.9. The zero-order valence-corrected chi connectivity index (χ0v) is 11.4. The molecule has 0 aliphatic rings. The Hall–Kier alpha value is -0.763. The smallest absolute Gasteiger partial charge is 0.140 e. The average molecular weight is 266 g/mol. The van der Waals surface area contributed by atoms with E-state index < -0.39 is 7.42 Å². The van der Waals surface area contributed by atoms with Crippen molar-refractivity contribution in [3.05, 3.63) is 54.1 Å². The van der Waals surface area contributed by atoms with Gasteiger partial charge in [0.1, 0.15) is 0 Å². The van der Waals surface area contributed by atoms with Gasteiger partial charge < -0.3 is 0 Å². The topological polar surface area (TPSA) is 0 Å². The van der Waals surface area contributed by atoms with Crippen molar-refractivity contribution in [2.45, 2.75) is 6.92 Å². The molecule has 2 aromatic carbocycles. The van der Waals surface area contributed by atoms with E-state index in [1.165, 1.54) is 16.7 Å². The highest BCUT2D eigenvalue weighted by molar-refractivity contribution is 7.39. The van der Waals surface area contributed by atoms with Gasteiger partial charge in [0.05, 0.1) is 0 Å². The zero-order chi connectivity index (χ0) is 11.5. The van der Waals surface area contributed by atoms with Crippen LogP contribution in [0.1, 0.15) is 5.56 Å². The molecule has 0 atom stereocenters. The summed E-state index contributed by atoms with van der Waals surface area (Å²) in [5.74, 6) is 0. The molecule has 0 spiro atoms. The molecular weight excluding hydrogens is 255 g/mol. The Bertz CT molecular complexity index is 481. The minimum atomic E-state index is -1.39. The molecule has 0 saturated heterocycles. The second-order valence-corrected chi connectivity index (χ2v) is 7.60. The first-order valence-corrected chi connectivity index (χ1v) is 8.55. The van der Waals surface area contributed by atoms with Gasteiger partial charge in [-0.15, -0.1) is 22.2 Å². The fourth-order valence-electron chi connectivity index (χ4n) is 1.72. The monoisotopic (exact) mass is 265 g/mol. The van der Waals surface area contributed by atoms with Crippen molar-refractivity contribution >= 4 is 34.8 Å². The summed E-state index contributed by atoms with van der Waals surface area (Å²) in [6.45, 7) is 2.09. The summed E-state index contributed by atoms with van der Waals surface area (Å²) in [6.07, 6.45) is 0. The predicted molar refractivity (Wildman–Crippen MR) is 73.7 cm³/mol. The van der Waals surface area contributed by atoms with Gasteiger partial charge >= 0.3 is 7.42 Å². The van der Waals surface area contributed by atoms with E-state index in [9.17, 15) is 0 Å². The number of benzene rings is 2. The van der Waals surface area contributed by atoms with E-state index in [4.69, 9.17) is 22.2 Å². The summed E-state index contributed by atoms with van der Waals surface area (Å²) < 4.78 is 0. The molecule has 0 saturated carbocycles. The van der Waals surface area contributed by atoms with E-state index in [2.05, 4.69) is 31.2 Å². The third-order valence-electron chi connectivity index (χ3n) is 2.53. The Balaban J connectivity index is 2.45. The fraction of sp³-hybridized carbons (Fsp3) is 0.0769. The first-order chi connectivity index (χ1) is 7.68. The molecule has 0 N–H and O–H groups in total. The van der Waals surface area contributed by atoms with E-state index in [1.807, 2.05) is 24.3 Å². The minimum Gasteiger partial charge on any atom is -0.140 e. The van der Waals surface area contributed by atoms with Gasteiger partial charge in [-0.3, -0.25) is 0 Å². The van der Waals surface area contributed by atoms with E-state index >= 15 is 0 Å². The highest BCUT2D eigenvalue weighted by atomic mass is 35.7. The molecule has 1 radical (unpaired) electrons. The Kier molecular flexibility index (Phi) is 3.69. The van der Waals surface area contributed by atoms with Crippen molar-refractivity contribution < 1.29 is 0 Å². The Morgan fingerprint density at radius 1 is 0.938 bits per heavy atom. The van der Waals surface area contributed by atoms with Crippen LogP contribution in [0.25, 0.3) is 11.1 Å². The highest BCUT2D eigenvalue weighted by Crippen LogP contribution is 2.22. The van der Waals surface area contributed by atoms with E-state index in [1.54, 1.807) is 0 Å². The molecule has 0 heterocycles. The van der Waals surface area contributed by atoms with Gasteiger partial charge in [0, 0.05) is 0 Å². The Morgan fingerprint density at radius 2 is 1.62 bits per heavy atom. The lowest BCUT2D eigenvalue weighted by molar-refractivity contribution is 1.47. The third-order valence-corrected chi connectivity index (χ3v) is 4.59. The standard InChI is InChI=1S/C13H11Cl2Si/c1-10-9-12(16(14)15)7-8-13(10)11-5-3-2-4-6-11/h2-9H,1H3. The lowest BCUT2D eigenvalue weighted by atomic mass is 10.0. The molecular formula is C13H11Cl2Si. The summed E-state index contributed by atoms with van der Waals surface area (Å²) in [6, 6.07) is 16.5. The number of hydrogen-bond donors (Lipinski definition) is 0. The van der Waals surface area contributed by atoms with Gasteiger partial charge in [0.25, 0.3) is 0 Å². The van der Waals surface area contributed by atoms with Crippen LogP contribution in [-0.2, 0) is 0 Å². The number of aryl methyl sites for hydroxylation is 1. The van der Waals surface area contributed by atoms with Gasteiger partial charge in [-0.25, -0.2) is 0 Å². The second-order valence-electron chi connectivity index (χ2n) is 3.66. The van der Waals surface area contributed by atoms with Crippen molar-refractivity contribution in [3.63, 3.8) is 0 Å². The molecule has 81 valence electrons. The summed E-state index contributed by atoms with van der Waals surface area (Å²) in [4.78, 5) is 0. The maximum absolute atomic E-state index is 5.94. The van der Waals surface area contributed by atoms with Crippen LogP contribution in [0.5, 0.6) is 0 Å². The largest absolute Gasteiger partial charge is 0.307 e. The quantitative estimate of drug-likeness (QED) is 0.572. The number of rotatable bonds is 2. The van der Waals surface area contributed by atoms with Crippen molar-refractivity contribution in [3.8, 4) is 11.1 Å². The van der Waals surface area contributed by atoms with Gasteiger partial charge in [0.2, 0.25) is 0 Å². The SMILES string of the molecule is Cc1cc([Si](Cl)Cl)ccc1-c1ccccc1. The van der Waals surface area contributed by atoms with Crippen molar-refractivity contribution in [1.82, 2.24) is 0 Å². The van der Waals surface area contributed by atoms with Crippen molar-refractivity contribution in [2.75, 3.05) is 0 Å². The molecule has 3 heteroatoms. The van der Waals surface area contributed by atoms with Crippen LogP contribution >= 0.6 is 22.2 Å². The van der Waals surface area contributed by atoms with Crippen LogP contribution in [0.4, 0.5) is 0 Å². The fourth-order valence-corrected chi connectivity index (χ4v) is 2.96. The van der Waals surface area contributed by atoms with Gasteiger partial charge in [-0.1, -0.05) is 48.5 Å². The van der Waals surface area contributed by atoms with E-state index in [0.29, 0.717) is 0 Å². The molecule has 0 aromatic heterocycles. The van der Waals surface area contributed by atoms with Crippen LogP contribution in [0.3, 0.4) is 0 Å². The number of halogens is 2. The molecule has 0 nitrogen and oxygen atoms in total. The summed E-state index contributed by atoms with van der Waals surface area (Å²) in [5.41, 5.74) is 3.68. The third kappa shape index (κ3) is 2.49. The summed E-state index contributed by atoms with van der Waals surface area (Å²) in [5, 5.41) is 1.05. The molecule has 2 rings (SSSR count). The molecule has 0 aliphatic heterocycles. The maximum Gasteiger partial charge on any atom is 0.307 e. The van der Waals surface area contributed by atoms with Crippen LogP contribution in [0.2, 0.25) is 0 Å². The van der Waals surface area contributed by atoms with Crippen molar-refractivity contribution in [1.29, 1.82) is 0 Å². The van der Waals surface area contributed by atoms with Crippen LogP contribution in [0, 0.1) is 6.92 Å². The number of hydrogen-bond acceptors (Lipinski definition) is 0. The average Bonchev–Trinajstić information content (AvgIpc) is 2.30.